The first-order chi connectivity index (χ1) is 8.06. The Hall–Kier alpha value is -1.35. The van der Waals surface area contributed by atoms with Crippen LogP contribution in [0.15, 0.2) is 30.3 Å². The van der Waals surface area contributed by atoms with Crippen LogP contribution in [0.5, 0.6) is 0 Å². The van der Waals surface area contributed by atoms with E-state index in [1.54, 1.807) is 0 Å². The predicted molar refractivity (Wildman–Crippen MR) is 68.6 cm³/mol. The van der Waals surface area contributed by atoms with E-state index in [0.717, 1.165) is 0 Å². The van der Waals surface area contributed by atoms with Gasteiger partial charge in [-0.1, -0.05) is 44.2 Å². The van der Waals surface area contributed by atoms with E-state index >= 15 is 0 Å². The van der Waals surface area contributed by atoms with Gasteiger partial charge >= 0.3 is 5.97 Å². The molecule has 1 rings (SSSR count). The van der Waals surface area contributed by atoms with Crippen molar-refractivity contribution in [3.63, 3.8) is 0 Å². The van der Waals surface area contributed by atoms with Crippen LogP contribution in [-0.4, -0.2) is 19.1 Å². The van der Waals surface area contributed by atoms with Gasteiger partial charge in [0.25, 0.3) is 0 Å². The summed E-state index contributed by atoms with van der Waals surface area (Å²) in [5.41, 5.74) is 1.17. The van der Waals surface area contributed by atoms with Crippen molar-refractivity contribution in [1.29, 1.82) is 0 Å². The Morgan fingerprint density at radius 1 is 1.18 bits per heavy atom. The zero-order valence-corrected chi connectivity index (χ0v) is 10.9. The van der Waals surface area contributed by atoms with Crippen LogP contribution in [0.3, 0.4) is 0 Å². The van der Waals surface area contributed by atoms with Crippen LogP contribution >= 0.6 is 0 Å². The van der Waals surface area contributed by atoms with Gasteiger partial charge in [0.15, 0.2) is 0 Å². The molecule has 1 aromatic rings. The maximum absolute atomic E-state index is 11.6. The van der Waals surface area contributed by atoms with Gasteiger partial charge in [-0.05, 0) is 18.4 Å². The molecule has 0 amide bonds. The zero-order chi connectivity index (χ0) is 12.8. The minimum absolute atomic E-state index is 0.127. The standard InChI is InChI=1S/C14H21NO2/c1-10(2)13(14(16)17-4)15-11(3)12-8-6-5-7-9-12/h5-11,13,15H,1-4H3/t11-,13?/m0/s1. The molecule has 0 aliphatic heterocycles. The van der Waals surface area contributed by atoms with Gasteiger partial charge in [0.2, 0.25) is 0 Å². The number of carbonyl (C=O) groups is 1. The fraction of sp³-hybridized carbons (Fsp3) is 0.500. The van der Waals surface area contributed by atoms with Gasteiger partial charge in [0, 0.05) is 6.04 Å². The number of nitrogens with one attached hydrogen (secondary N) is 1. The van der Waals surface area contributed by atoms with Crippen LogP contribution in [0.4, 0.5) is 0 Å². The van der Waals surface area contributed by atoms with Crippen LogP contribution in [0, 0.1) is 5.92 Å². The summed E-state index contributed by atoms with van der Waals surface area (Å²) in [5, 5.41) is 3.31. The summed E-state index contributed by atoms with van der Waals surface area (Å²) in [6, 6.07) is 9.93. The molecular weight excluding hydrogens is 214 g/mol. The van der Waals surface area contributed by atoms with Gasteiger partial charge < -0.3 is 4.74 Å². The molecule has 0 aliphatic rings. The smallest absolute Gasteiger partial charge is 0.323 e. The molecule has 0 spiro atoms. The van der Waals surface area contributed by atoms with Crippen molar-refractivity contribution in [2.24, 2.45) is 5.92 Å². The molecule has 0 bridgehead atoms. The van der Waals surface area contributed by atoms with E-state index in [1.165, 1.54) is 12.7 Å². The largest absolute Gasteiger partial charge is 0.468 e. The minimum Gasteiger partial charge on any atom is -0.468 e. The van der Waals surface area contributed by atoms with Crippen LogP contribution < -0.4 is 5.32 Å². The Labute approximate surface area is 103 Å². The molecule has 0 saturated carbocycles. The Balaban J connectivity index is 2.71. The predicted octanol–water partition coefficient (Wildman–Crippen LogP) is 2.53. The SMILES string of the molecule is COC(=O)C(N[C@@H](C)c1ccccc1)C(C)C. The normalized spacial score (nSPS) is 14.4. The first kappa shape index (κ1) is 13.7. The maximum atomic E-state index is 11.6. The molecule has 0 radical (unpaired) electrons. The fourth-order valence-corrected chi connectivity index (χ4v) is 1.77. The van der Waals surface area contributed by atoms with Crippen molar-refractivity contribution in [1.82, 2.24) is 5.32 Å². The van der Waals surface area contributed by atoms with Gasteiger partial charge in [0.1, 0.15) is 6.04 Å². The molecule has 1 aromatic carbocycles. The summed E-state index contributed by atoms with van der Waals surface area (Å²) in [5.74, 6) is -0.00334. The molecule has 0 fully saturated rings. The molecule has 1 N–H and O–H groups in total. The molecule has 0 aliphatic carbocycles. The Morgan fingerprint density at radius 3 is 2.24 bits per heavy atom. The van der Waals surface area contributed by atoms with Crippen molar-refractivity contribution in [3.8, 4) is 0 Å². The lowest BCUT2D eigenvalue weighted by atomic mass is 10.0. The highest BCUT2D eigenvalue weighted by atomic mass is 16.5. The van der Waals surface area contributed by atoms with E-state index < -0.39 is 0 Å². The molecule has 0 heterocycles. The van der Waals surface area contributed by atoms with Gasteiger partial charge in [-0.25, -0.2) is 0 Å². The Morgan fingerprint density at radius 2 is 1.76 bits per heavy atom. The van der Waals surface area contributed by atoms with Gasteiger partial charge in [-0.3, -0.25) is 10.1 Å². The van der Waals surface area contributed by atoms with Crippen LogP contribution in [0.2, 0.25) is 0 Å². The lowest BCUT2D eigenvalue weighted by Crippen LogP contribution is -2.42. The second-order valence-electron chi connectivity index (χ2n) is 4.54. The Bertz CT molecular complexity index is 348. The topological polar surface area (TPSA) is 38.3 Å². The number of rotatable bonds is 5. The van der Waals surface area contributed by atoms with Crippen molar-refractivity contribution in [2.45, 2.75) is 32.9 Å². The molecular formula is C14H21NO2. The highest BCUT2D eigenvalue weighted by Gasteiger charge is 2.24. The molecule has 2 atom stereocenters. The van der Waals surface area contributed by atoms with E-state index in [-0.39, 0.29) is 24.0 Å². The number of hydrogen-bond acceptors (Lipinski definition) is 3. The van der Waals surface area contributed by atoms with E-state index in [0.29, 0.717) is 0 Å². The van der Waals surface area contributed by atoms with E-state index in [4.69, 9.17) is 4.74 Å². The highest BCUT2D eigenvalue weighted by Crippen LogP contribution is 2.15. The summed E-state index contributed by atoms with van der Waals surface area (Å²) >= 11 is 0. The van der Waals surface area contributed by atoms with Crippen molar-refractivity contribution >= 4 is 5.97 Å². The number of ether oxygens (including phenoxy) is 1. The van der Waals surface area contributed by atoms with Crippen molar-refractivity contribution in [2.75, 3.05) is 7.11 Å². The molecule has 17 heavy (non-hydrogen) atoms. The number of methoxy groups -OCH3 is 1. The summed E-state index contributed by atoms with van der Waals surface area (Å²) in [6.07, 6.45) is 0. The number of esters is 1. The first-order valence-electron chi connectivity index (χ1n) is 5.95. The highest BCUT2D eigenvalue weighted by molar-refractivity contribution is 5.76. The van der Waals surface area contributed by atoms with Crippen LogP contribution in [0.25, 0.3) is 0 Å². The summed E-state index contributed by atoms with van der Waals surface area (Å²) in [4.78, 5) is 11.6. The monoisotopic (exact) mass is 235 g/mol. The van der Waals surface area contributed by atoms with Gasteiger partial charge in [0.05, 0.1) is 7.11 Å². The van der Waals surface area contributed by atoms with Crippen LogP contribution in [0.1, 0.15) is 32.4 Å². The van der Waals surface area contributed by atoms with Gasteiger partial charge in [-0.15, -0.1) is 0 Å². The summed E-state index contributed by atoms with van der Waals surface area (Å²) < 4.78 is 4.81. The minimum atomic E-state index is -0.268. The van der Waals surface area contributed by atoms with E-state index in [9.17, 15) is 4.79 Å². The molecule has 3 heteroatoms. The number of benzene rings is 1. The molecule has 0 saturated heterocycles. The average molecular weight is 235 g/mol. The second kappa shape index (κ2) is 6.40. The Kier molecular flexibility index (Phi) is 5.16. The average Bonchev–Trinajstić information content (AvgIpc) is 2.35. The van der Waals surface area contributed by atoms with Crippen molar-refractivity contribution in [3.05, 3.63) is 35.9 Å². The number of hydrogen-bond donors (Lipinski definition) is 1. The molecule has 0 aromatic heterocycles. The third-order valence-corrected chi connectivity index (χ3v) is 2.85. The first-order valence-corrected chi connectivity index (χ1v) is 5.95. The second-order valence-corrected chi connectivity index (χ2v) is 4.54. The zero-order valence-electron chi connectivity index (χ0n) is 10.9. The van der Waals surface area contributed by atoms with E-state index in [2.05, 4.69) is 5.32 Å². The van der Waals surface area contributed by atoms with Crippen LogP contribution in [-0.2, 0) is 9.53 Å². The molecule has 3 nitrogen and oxygen atoms in total. The third-order valence-electron chi connectivity index (χ3n) is 2.85. The lowest BCUT2D eigenvalue weighted by molar-refractivity contribution is -0.144. The quantitative estimate of drug-likeness (QED) is 0.797. The lowest BCUT2D eigenvalue weighted by Gasteiger charge is -2.24. The maximum Gasteiger partial charge on any atom is 0.323 e. The van der Waals surface area contributed by atoms with Gasteiger partial charge in [-0.2, -0.15) is 0 Å². The van der Waals surface area contributed by atoms with Crippen molar-refractivity contribution < 1.29 is 9.53 Å². The number of carbonyl (C=O) groups excluding carboxylic acids is 1. The summed E-state index contributed by atoms with van der Waals surface area (Å²) in [6.45, 7) is 6.06. The third kappa shape index (κ3) is 3.86. The molecule has 94 valence electrons. The fourth-order valence-electron chi connectivity index (χ4n) is 1.77. The summed E-state index contributed by atoms with van der Waals surface area (Å²) in [7, 11) is 1.42. The molecule has 1 unspecified atom stereocenters. The van der Waals surface area contributed by atoms with E-state index in [1.807, 2.05) is 51.1 Å².